The van der Waals surface area contributed by atoms with Gasteiger partial charge in [-0.05, 0) is 24.4 Å². The maximum Gasteiger partial charge on any atom is 0.212 e. The van der Waals surface area contributed by atoms with Gasteiger partial charge >= 0.3 is 0 Å². The Balaban J connectivity index is 2.09. The molecule has 2 atom stereocenters. The van der Waals surface area contributed by atoms with Gasteiger partial charge in [-0.1, -0.05) is 13.0 Å². The predicted octanol–water partition coefficient (Wildman–Crippen LogP) is 1.76. The fourth-order valence-corrected chi connectivity index (χ4v) is 1.89. The Morgan fingerprint density at radius 2 is 2.36 bits per heavy atom. The van der Waals surface area contributed by atoms with E-state index in [9.17, 15) is 0 Å². The number of rotatable bonds is 2. The number of pyridine rings is 1. The SMILES string of the molecule is COc1ccc(C2CC(C)CN2)cn1. The minimum absolute atomic E-state index is 0.475. The predicted molar refractivity (Wildman–Crippen MR) is 55.3 cm³/mol. The molecule has 76 valence electrons. The van der Waals surface area contributed by atoms with Gasteiger partial charge in [-0.15, -0.1) is 0 Å². The Hall–Kier alpha value is -1.09. The van der Waals surface area contributed by atoms with E-state index in [1.54, 1.807) is 7.11 Å². The zero-order valence-electron chi connectivity index (χ0n) is 8.66. The van der Waals surface area contributed by atoms with Gasteiger partial charge in [-0.3, -0.25) is 0 Å². The molecule has 14 heavy (non-hydrogen) atoms. The Morgan fingerprint density at radius 1 is 1.50 bits per heavy atom. The maximum atomic E-state index is 5.02. The highest BCUT2D eigenvalue weighted by molar-refractivity contribution is 5.21. The largest absolute Gasteiger partial charge is 0.481 e. The minimum atomic E-state index is 0.475. The molecule has 3 heteroatoms. The van der Waals surface area contributed by atoms with E-state index < -0.39 is 0 Å². The van der Waals surface area contributed by atoms with E-state index in [0.717, 1.165) is 12.5 Å². The molecule has 1 aliphatic heterocycles. The van der Waals surface area contributed by atoms with Crippen molar-refractivity contribution in [2.75, 3.05) is 13.7 Å². The van der Waals surface area contributed by atoms with Crippen molar-refractivity contribution in [3.05, 3.63) is 23.9 Å². The number of aromatic nitrogens is 1. The van der Waals surface area contributed by atoms with Crippen molar-refractivity contribution < 1.29 is 4.74 Å². The van der Waals surface area contributed by atoms with Crippen LogP contribution in [0.1, 0.15) is 24.9 Å². The molecule has 1 fully saturated rings. The van der Waals surface area contributed by atoms with E-state index >= 15 is 0 Å². The third kappa shape index (κ3) is 1.87. The van der Waals surface area contributed by atoms with Crippen LogP contribution < -0.4 is 10.1 Å². The summed E-state index contributed by atoms with van der Waals surface area (Å²) in [6, 6.07) is 4.48. The molecule has 0 radical (unpaired) electrons. The molecule has 0 amide bonds. The molecule has 1 aromatic rings. The summed E-state index contributed by atoms with van der Waals surface area (Å²) >= 11 is 0. The van der Waals surface area contributed by atoms with Crippen LogP contribution in [0.25, 0.3) is 0 Å². The lowest BCUT2D eigenvalue weighted by atomic mass is 10.0. The van der Waals surface area contributed by atoms with Crippen molar-refractivity contribution in [3.8, 4) is 5.88 Å². The highest BCUT2D eigenvalue weighted by atomic mass is 16.5. The molecule has 1 N–H and O–H groups in total. The van der Waals surface area contributed by atoms with Crippen LogP contribution in [-0.2, 0) is 0 Å². The molecule has 1 aromatic heterocycles. The summed E-state index contributed by atoms with van der Waals surface area (Å²) in [6.07, 6.45) is 3.10. The highest BCUT2D eigenvalue weighted by Gasteiger charge is 2.21. The summed E-state index contributed by atoms with van der Waals surface area (Å²) < 4.78 is 5.02. The molecule has 2 heterocycles. The van der Waals surface area contributed by atoms with E-state index in [1.165, 1.54) is 12.0 Å². The molecule has 1 saturated heterocycles. The van der Waals surface area contributed by atoms with Gasteiger partial charge in [0.05, 0.1) is 7.11 Å². The smallest absolute Gasteiger partial charge is 0.212 e. The van der Waals surface area contributed by atoms with Gasteiger partial charge in [0.15, 0.2) is 0 Å². The van der Waals surface area contributed by atoms with Crippen molar-refractivity contribution in [1.29, 1.82) is 0 Å². The highest BCUT2D eigenvalue weighted by Crippen LogP contribution is 2.26. The number of ether oxygens (including phenoxy) is 1. The minimum Gasteiger partial charge on any atom is -0.481 e. The fourth-order valence-electron chi connectivity index (χ4n) is 1.89. The van der Waals surface area contributed by atoms with Gasteiger partial charge in [0.25, 0.3) is 0 Å². The van der Waals surface area contributed by atoms with Crippen LogP contribution in [0.4, 0.5) is 0 Å². The van der Waals surface area contributed by atoms with Gasteiger partial charge < -0.3 is 10.1 Å². The van der Waals surface area contributed by atoms with Gasteiger partial charge in [0, 0.05) is 18.3 Å². The maximum absolute atomic E-state index is 5.02. The number of nitrogens with zero attached hydrogens (tertiary/aromatic N) is 1. The molecule has 2 unspecified atom stereocenters. The normalized spacial score (nSPS) is 26.4. The van der Waals surface area contributed by atoms with Gasteiger partial charge in [0.2, 0.25) is 5.88 Å². The Morgan fingerprint density at radius 3 is 2.86 bits per heavy atom. The summed E-state index contributed by atoms with van der Waals surface area (Å²) in [6.45, 7) is 3.38. The van der Waals surface area contributed by atoms with E-state index in [1.807, 2.05) is 12.3 Å². The number of nitrogens with one attached hydrogen (secondary N) is 1. The summed E-state index contributed by atoms with van der Waals surface area (Å²) in [5, 5.41) is 3.48. The quantitative estimate of drug-likeness (QED) is 0.775. The average Bonchev–Trinajstić information content (AvgIpc) is 2.65. The van der Waals surface area contributed by atoms with Gasteiger partial charge in [-0.2, -0.15) is 0 Å². The second kappa shape index (κ2) is 3.96. The molecule has 1 aliphatic rings. The molecule has 0 spiro atoms. The lowest BCUT2D eigenvalue weighted by molar-refractivity contribution is 0.397. The molecule has 0 saturated carbocycles. The van der Waals surface area contributed by atoms with Crippen LogP contribution in [0.3, 0.4) is 0 Å². The molecule has 2 rings (SSSR count). The van der Waals surface area contributed by atoms with Gasteiger partial charge in [0.1, 0.15) is 0 Å². The number of methoxy groups -OCH3 is 1. The first-order valence-corrected chi connectivity index (χ1v) is 5.03. The molecular formula is C11H16N2O. The van der Waals surface area contributed by atoms with E-state index in [2.05, 4.69) is 23.3 Å². The first-order chi connectivity index (χ1) is 6.79. The van der Waals surface area contributed by atoms with Crippen LogP contribution in [0.2, 0.25) is 0 Å². The van der Waals surface area contributed by atoms with Crippen molar-refractivity contribution in [2.45, 2.75) is 19.4 Å². The van der Waals surface area contributed by atoms with Crippen molar-refractivity contribution in [1.82, 2.24) is 10.3 Å². The van der Waals surface area contributed by atoms with Crippen LogP contribution >= 0.6 is 0 Å². The Kier molecular flexibility index (Phi) is 2.68. The summed E-state index contributed by atoms with van der Waals surface area (Å²) in [5.74, 6) is 1.45. The third-order valence-electron chi connectivity index (χ3n) is 2.72. The Bertz CT molecular complexity index is 297. The van der Waals surface area contributed by atoms with E-state index in [0.29, 0.717) is 11.9 Å². The first-order valence-electron chi connectivity index (χ1n) is 5.03. The summed E-state index contributed by atoms with van der Waals surface area (Å²) in [7, 11) is 1.64. The second-order valence-corrected chi connectivity index (χ2v) is 3.94. The van der Waals surface area contributed by atoms with E-state index in [4.69, 9.17) is 4.74 Å². The van der Waals surface area contributed by atoms with Crippen LogP contribution in [0.15, 0.2) is 18.3 Å². The van der Waals surface area contributed by atoms with Crippen LogP contribution in [0, 0.1) is 5.92 Å². The van der Waals surface area contributed by atoms with Crippen molar-refractivity contribution >= 4 is 0 Å². The number of hydrogen-bond acceptors (Lipinski definition) is 3. The first kappa shape index (κ1) is 9.46. The van der Waals surface area contributed by atoms with E-state index in [-0.39, 0.29) is 0 Å². The van der Waals surface area contributed by atoms with Crippen molar-refractivity contribution in [2.24, 2.45) is 5.92 Å². The molecular weight excluding hydrogens is 176 g/mol. The average molecular weight is 192 g/mol. The molecule has 0 aliphatic carbocycles. The van der Waals surface area contributed by atoms with Crippen LogP contribution in [-0.4, -0.2) is 18.6 Å². The third-order valence-corrected chi connectivity index (χ3v) is 2.72. The van der Waals surface area contributed by atoms with Gasteiger partial charge in [-0.25, -0.2) is 4.98 Å². The zero-order chi connectivity index (χ0) is 9.97. The lowest BCUT2D eigenvalue weighted by Gasteiger charge is -2.10. The summed E-state index contributed by atoms with van der Waals surface area (Å²) in [4.78, 5) is 4.20. The monoisotopic (exact) mass is 192 g/mol. The molecule has 0 bridgehead atoms. The second-order valence-electron chi connectivity index (χ2n) is 3.94. The fraction of sp³-hybridized carbons (Fsp3) is 0.545. The topological polar surface area (TPSA) is 34.1 Å². The standard InChI is InChI=1S/C11H16N2O/c1-8-5-10(12-6-8)9-3-4-11(14-2)13-7-9/h3-4,7-8,10,12H,5-6H2,1-2H3. The molecule has 0 aromatic carbocycles. The van der Waals surface area contributed by atoms with Crippen molar-refractivity contribution in [3.63, 3.8) is 0 Å². The zero-order valence-corrected chi connectivity index (χ0v) is 8.66. The number of hydrogen-bond donors (Lipinski definition) is 1. The lowest BCUT2D eigenvalue weighted by Crippen LogP contribution is -2.13. The van der Waals surface area contributed by atoms with Crippen LogP contribution in [0.5, 0.6) is 5.88 Å². The molecule has 3 nitrogen and oxygen atoms in total. The Labute approximate surface area is 84.5 Å². The summed E-state index contributed by atoms with van der Waals surface area (Å²) in [5.41, 5.74) is 1.26.